The van der Waals surface area contributed by atoms with Crippen molar-refractivity contribution in [2.75, 3.05) is 13.1 Å². The van der Waals surface area contributed by atoms with Crippen molar-refractivity contribution in [2.45, 2.75) is 45.1 Å². The summed E-state index contributed by atoms with van der Waals surface area (Å²) in [5.41, 5.74) is 6.08. The number of guanidine groups is 1. The minimum atomic E-state index is 0.161. The van der Waals surface area contributed by atoms with Gasteiger partial charge in [-0.05, 0) is 12.8 Å². The molecule has 1 rings (SSSR count). The fraction of sp³-hybridized carbons (Fsp3) is 0.750. The van der Waals surface area contributed by atoms with Crippen molar-refractivity contribution in [2.24, 2.45) is 10.7 Å². The van der Waals surface area contributed by atoms with E-state index in [1.807, 2.05) is 6.08 Å². The quantitative estimate of drug-likeness (QED) is 0.681. The predicted molar refractivity (Wildman–Crippen MR) is 65.9 cm³/mol. The largest absolute Gasteiger partial charge is 0.370 e. The first-order valence-electron chi connectivity index (χ1n) is 5.88. The van der Waals surface area contributed by atoms with Crippen LogP contribution in [0.1, 0.15) is 39.5 Å². The first-order chi connectivity index (χ1) is 7.20. The van der Waals surface area contributed by atoms with Crippen molar-refractivity contribution in [1.29, 1.82) is 0 Å². The standard InChI is InChI=1S/C12H23N3/c1-4-7-8-12(6-3)10-14-11(13)15(12)9-5-2/h5H,2,4,6-10H2,1,3H3,(H2,13,14). The third kappa shape index (κ3) is 2.33. The molecule has 1 atom stereocenters. The Kier molecular flexibility index (Phi) is 4.18. The molecule has 3 nitrogen and oxygen atoms in total. The molecule has 0 aromatic heterocycles. The zero-order valence-electron chi connectivity index (χ0n) is 10.00. The number of unbranched alkanes of at least 4 members (excludes halogenated alkanes) is 1. The van der Waals surface area contributed by atoms with E-state index in [4.69, 9.17) is 5.73 Å². The van der Waals surface area contributed by atoms with E-state index < -0.39 is 0 Å². The normalized spacial score (nSPS) is 25.5. The molecular formula is C12H23N3. The summed E-state index contributed by atoms with van der Waals surface area (Å²) in [4.78, 5) is 6.60. The first-order valence-corrected chi connectivity index (χ1v) is 5.88. The lowest BCUT2D eigenvalue weighted by Gasteiger charge is -2.38. The zero-order chi connectivity index (χ0) is 11.3. The van der Waals surface area contributed by atoms with Gasteiger partial charge < -0.3 is 10.6 Å². The van der Waals surface area contributed by atoms with Crippen LogP contribution in [0.25, 0.3) is 0 Å². The lowest BCUT2D eigenvalue weighted by Crippen LogP contribution is -2.51. The molecule has 0 spiro atoms. The maximum Gasteiger partial charge on any atom is 0.192 e. The van der Waals surface area contributed by atoms with E-state index in [9.17, 15) is 0 Å². The molecule has 2 N–H and O–H groups in total. The maximum atomic E-state index is 5.92. The van der Waals surface area contributed by atoms with Crippen LogP contribution in [-0.2, 0) is 0 Å². The molecule has 0 fully saturated rings. The predicted octanol–water partition coefficient (Wildman–Crippen LogP) is 2.14. The van der Waals surface area contributed by atoms with Crippen molar-refractivity contribution in [3.05, 3.63) is 12.7 Å². The number of rotatable bonds is 6. The summed E-state index contributed by atoms with van der Waals surface area (Å²) in [6, 6.07) is 0. The molecule has 1 unspecified atom stereocenters. The Labute approximate surface area is 93.1 Å². The van der Waals surface area contributed by atoms with Crippen molar-refractivity contribution in [3.63, 3.8) is 0 Å². The third-order valence-electron chi connectivity index (χ3n) is 3.35. The molecule has 0 bridgehead atoms. The van der Waals surface area contributed by atoms with Crippen LogP contribution >= 0.6 is 0 Å². The van der Waals surface area contributed by atoms with Gasteiger partial charge >= 0.3 is 0 Å². The van der Waals surface area contributed by atoms with Gasteiger partial charge in [0.2, 0.25) is 0 Å². The van der Waals surface area contributed by atoms with Gasteiger partial charge in [0.15, 0.2) is 5.96 Å². The molecule has 0 radical (unpaired) electrons. The second kappa shape index (κ2) is 5.19. The summed E-state index contributed by atoms with van der Waals surface area (Å²) >= 11 is 0. The van der Waals surface area contributed by atoms with Gasteiger partial charge in [0.25, 0.3) is 0 Å². The molecule has 0 saturated carbocycles. The molecule has 0 aromatic carbocycles. The zero-order valence-corrected chi connectivity index (χ0v) is 10.00. The van der Waals surface area contributed by atoms with Gasteiger partial charge in [0.1, 0.15) is 0 Å². The van der Waals surface area contributed by atoms with Gasteiger partial charge in [-0.2, -0.15) is 0 Å². The van der Waals surface area contributed by atoms with Gasteiger partial charge in [0.05, 0.1) is 12.1 Å². The van der Waals surface area contributed by atoms with E-state index in [0.717, 1.165) is 19.5 Å². The number of aliphatic imine (C=N–C) groups is 1. The SMILES string of the molecule is C=CCN1C(N)=NCC1(CC)CCCC. The number of hydrogen-bond acceptors (Lipinski definition) is 3. The van der Waals surface area contributed by atoms with Gasteiger partial charge in [-0.1, -0.05) is 32.8 Å². The van der Waals surface area contributed by atoms with Gasteiger partial charge in [-0.3, -0.25) is 4.99 Å². The monoisotopic (exact) mass is 209 g/mol. The smallest absolute Gasteiger partial charge is 0.192 e. The molecule has 0 amide bonds. The fourth-order valence-electron chi connectivity index (χ4n) is 2.26. The molecule has 86 valence electrons. The Morgan fingerprint density at radius 2 is 2.33 bits per heavy atom. The van der Waals surface area contributed by atoms with E-state index in [1.165, 1.54) is 19.3 Å². The number of hydrogen-bond donors (Lipinski definition) is 1. The topological polar surface area (TPSA) is 41.6 Å². The lowest BCUT2D eigenvalue weighted by molar-refractivity contribution is 0.189. The van der Waals surface area contributed by atoms with Crippen LogP contribution in [0.2, 0.25) is 0 Å². The number of nitrogens with two attached hydrogens (primary N) is 1. The summed E-state index contributed by atoms with van der Waals surface area (Å²) < 4.78 is 0. The van der Waals surface area contributed by atoms with E-state index in [2.05, 4.69) is 30.3 Å². The van der Waals surface area contributed by atoms with Crippen molar-refractivity contribution in [1.82, 2.24) is 4.90 Å². The molecule has 1 aliphatic rings. The van der Waals surface area contributed by atoms with Crippen LogP contribution in [0.4, 0.5) is 0 Å². The summed E-state index contributed by atoms with van der Waals surface area (Å²) in [7, 11) is 0. The summed E-state index contributed by atoms with van der Waals surface area (Å²) in [5, 5.41) is 0. The minimum Gasteiger partial charge on any atom is -0.370 e. The van der Waals surface area contributed by atoms with Crippen LogP contribution in [0, 0.1) is 0 Å². The Morgan fingerprint density at radius 3 is 2.87 bits per heavy atom. The third-order valence-corrected chi connectivity index (χ3v) is 3.35. The lowest BCUT2D eigenvalue weighted by atomic mass is 9.89. The van der Waals surface area contributed by atoms with E-state index >= 15 is 0 Å². The van der Waals surface area contributed by atoms with Crippen molar-refractivity contribution >= 4 is 5.96 Å². The fourth-order valence-corrected chi connectivity index (χ4v) is 2.26. The summed E-state index contributed by atoms with van der Waals surface area (Å²) in [5.74, 6) is 0.688. The summed E-state index contributed by atoms with van der Waals surface area (Å²) in [6.45, 7) is 9.89. The molecule has 0 saturated heterocycles. The Bertz CT molecular complexity index is 247. The van der Waals surface area contributed by atoms with Gasteiger partial charge in [0, 0.05) is 6.54 Å². The first kappa shape index (κ1) is 12.1. The Balaban J connectivity index is 2.75. The van der Waals surface area contributed by atoms with Crippen LogP contribution in [0.5, 0.6) is 0 Å². The van der Waals surface area contributed by atoms with Crippen LogP contribution in [0.3, 0.4) is 0 Å². The average molecular weight is 209 g/mol. The van der Waals surface area contributed by atoms with Crippen LogP contribution in [0.15, 0.2) is 17.6 Å². The minimum absolute atomic E-state index is 0.161. The van der Waals surface area contributed by atoms with Crippen molar-refractivity contribution in [3.8, 4) is 0 Å². The van der Waals surface area contributed by atoms with Crippen LogP contribution in [-0.4, -0.2) is 29.5 Å². The molecule has 1 aliphatic heterocycles. The molecule has 3 heteroatoms. The highest BCUT2D eigenvalue weighted by Gasteiger charge is 2.39. The Hall–Kier alpha value is -0.990. The molecule has 0 aromatic rings. The molecule has 15 heavy (non-hydrogen) atoms. The van der Waals surface area contributed by atoms with E-state index in [-0.39, 0.29) is 5.54 Å². The second-order valence-electron chi connectivity index (χ2n) is 4.26. The highest BCUT2D eigenvalue weighted by molar-refractivity contribution is 5.81. The van der Waals surface area contributed by atoms with Crippen molar-refractivity contribution < 1.29 is 0 Å². The van der Waals surface area contributed by atoms with Crippen LogP contribution < -0.4 is 5.73 Å². The highest BCUT2D eigenvalue weighted by atomic mass is 15.3. The van der Waals surface area contributed by atoms with Gasteiger partial charge in [-0.25, -0.2) is 0 Å². The molecule has 0 aliphatic carbocycles. The molecular weight excluding hydrogens is 186 g/mol. The maximum absolute atomic E-state index is 5.92. The average Bonchev–Trinajstić information content (AvgIpc) is 2.56. The second-order valence-corrected chi connectivity index (χ2v) is 4.26. The van der Waals surface area contributed by atoms with Gasteiger partial charge in [-0.15, -0.1) is 6.58 Å². The molecule has 1 heterocycles. The number of nitrogens with zero attached hydrogens (tertiary/aromatic N) is 2. The Morgan fingerprint density at radius 1 is 1.60 bits per heavy atom. The highest BCUT2D eigenvalue weighted by Crippen LogP contribution is 2.30. The van der Waals surface area contributed by atoms with E-state index in [1.54, 1.807) is 0 Å². The van der Waals surface area contributed by atoms with E-state index in [0.29, 0.717) is 5.96 Å². The summed E-state index contributed by atoms with van der Waals surface area (Å²) in [6.07, 6.45) is 6.65.